The van der Waals surface area contributed by atoms with Gasteiger partial charge in [-0.15, -0.1) is 0 Å². The Balaban J connectivity index is 1.79. The van der Waals surface area contributed by atoms with E-state index in [0.717, 1.165) is 5.56 Å². The van der Waals surface area contributed by atoms with Gasteiger partial charge in [-0.2, -0.15) is 23.4 Å². The van der Waals surface area contributed by atoms with E-state index in [2.05, 4.69) is 15.5 Å². The summed E-state index contributed by atoms with van der Waals surface area (Å²) in [5, 5.41) is 12.3. The first-order valence-electron chi connectivity index (χ1n) is 8.30. The standard InChI is InChI=1S/C18H18F3N5O2/c1-10-16(22-17(27)14-8-15(24-23-14)18(19,20)21)11(2)26(25-10)9-12-5-4-6-13(7-12)28-3/h4-8H,9H2,1-3H3,(H,22,27)(H,23,24). The second-order valence-electron chi connectivity index (χ2n) is 6.17. The Morgan fingerprint density at radius 3 is 2.68 bits per heavy atom. The number of carbonyl (C=O) groups is 1. The number of methoxy groups -OCH3 is 1. The number of amides is 1. The molecule has 0 saturated carbocycles. The number of carbonyl (C=O) groups excluding carboxylic acids is 1. The van der Waals surface area contributed by atoms with E-state index in [1.165, 1.54) is 0 Å². The fourth-order valence-electron chi connectivity index (χ4n) is 2.74. The van der Waals surface area contributed by atoms with Gasteiger partial charge in [0.15, 0.2) is 5.69 Å². The van der Waals surface area contributed by atoms with Gasteiger partial charge < -0.3 is 10.1 Å². The van der Waals surface area contributed by atoms with E-state index in [1.807, 2.05) is 29.4 Å². The summed E-state index contributed by atoms with van der Waals surface area (Å²) in [6, 6.07) is 8.14. The van der Waals surface area contributed by atoms with Crippen molar-refractivity contribution in [3.8, 4) is 5.75 Å². The largest absolute Gasteiger partial charge is 0.497 e. The average molecular weight is 393 g/mol. The number of hydrogen-bond acceptors (Lipinski definition) is 4. The van der Waals surface area contributed by atoms with E-state index in [4.69, 9.17) is 4.74 Å². The number of aryl methyl sites for hydroxylation is 1. The molecule has 0 aliphatic heterocycles. The molecule has 148 valence electrons. The van der Waals surface area contributed by atoms with Crippen molar-refractivity contribution >= 4 is 11.6 Å². The molecule has 3 rings (SSSR count). The van der Waals surface area contributed by atoms with Gasteiger partial charge in [0.1, 0.15) is 11.4 Å². The zero-order valence-electron chi connectivity index (χ0n) is 15.4. The number of rotatable bonds is 5. The minimum atomic E-state index is -4.60. The zero-order valence-corrected chi connectivity index (χ0v) is 15.4. The Hall–Kier alpha value is -3.30. The number of alkyl halides is 3. The van der Waals surface area contributed by atoms with Crippen LogP contribution in [0.3, 0.4) is 0 Å². The summed E-state index contributed by atoms with van der Waals surface area (Å²) >= 11 is 0. The molecule has 3 aromatic rings. The molecule has 0 aliphatic carbocycles. The van der Waals surface area contributed by atoms with Crippen LogP contribution in [0.25, 0.3) is 0 Å². The van der Waals surface area contributed by atoms with E-state index >= 15 is 0 Å². The molecule has 2 N–H and O–H groups in total. The first-order valence-corrected chi connectivity index (χ1v) is 8.30. The Morgan fingerprint density at radius 2 is 2.04 bits per heavy atom. The van der Waals surface area contributed by atoms with E-state index < -0.39 is 17.8 Å². The Kier molecular flexibility index (Phi) is 5.12. The van der Waals surface area contributed by atoms with E-state index in [0.29, 0.717) is 35.4 Å². The number of benzene rings is 1. The van der Waals surface area contributed by atoms with Crippen molar-refractivity contribution in [1.29, 1.82) is 0 Å². The molecule has 0 unspecified atom stereocenters. The van der Waals surface area contributed by atoms with Crippen molar-refractivity contribution in [3.05, 3.63) is 58.7 Å². The van der Waals surface area contributed by atoms with E-state index in [1.54, 1.807) is 25.6 Å². The topological polar surface area (TPSA) is 84.8 Å². The number of H-pyrrole nitrogens is 1. The Bertz CT molecular complexity index is 1010. The van der Waals surface area contributed by atoms with Crippen molar-refractivity contribution in [2.75, 3.05) is 12.4 Å². The molecule has 0 spiro atoms. The van der Waals surface area contributed by atoms with Gasteiger partial charge in [-0.3, -0.25) is 14.6 Å². The molecule has 1 aromatic carbocycles. The van der Waals surface area contributed by atoms with Gasteiger partial charge >= 0.3 is 6.18 Å². The minimum Gasteiger partial charge on any atom is -0.497 e. The quantitative estimate of drug-likeness (QED) is 0.694. The highest BCUT2D eigenvalue weighted by Gasteiger charge is 2.34. The lowest BCUT2D eigenvalue weighted by Gasteiger charge is -2.08. The van der Waals surface area contributed by atoms with E-state index in [9.17, 15) is 18.0 Å². The molecule has 1 amide bonds. The predicted octanol–water partition coefficient (Wildman–Crippen LogP) is 3.55. The third-order valence-electron chi connectivity index (χ3n) is 4.20. The molecule has 2 heterocycles. The Labute approximate surface area is 158 Å². The molecule has 0 aliphatic rings. The summed E-state index contributed by atoms with van der Waals surface area (Å²) in [5.74, 6) is -0.0366. The number of nitrogens with one attached hydrogen (secondary N) is 2. The monoisotopic (exact) mass is 393 g/mol. The number of ether oxygens (including phenoxy) is 1. The third kappa shape index (κ3) is 4.00. The smallest absolute Gasteiger partial charge is 0.432 e. The maximum absolute atomic E-state index is 12.7. The average Bonchev–Trinajstić information content (AvgIpc) is 3.23. The molecular weight excluding hydrogens is 375 g/mol. The fraction of sp³-hybridized carbons (Fsp3) is 0.278. The molecule has 0 atom stereocenters. The summed E-state index contributed by atoms with van der Waals surface area (Å²) in [6.07, 6.45) is -4.60. The van der Waals surface area contributed by atoms with Gasteiger partial charge in [0.25, 0.3) is 5.91 Å². The molecule has 0 fully saturated rings. The minimum absolute atomic E-state index is 0.355. The molecule has 0 bridgehead atoms. The molecule has 10 heteroatoms. The normalized spacial score (nSPS) is 11.5. The summed E-state index contributed by atoms with van der Waals surface area (Å²) in [4.78, 5) is 12.3. The number of aromatic amines is 1. The highest BCUT2D eigenvalue weighted by Crippen LogP contribution is 2.28. The van der Waals surface area contributed by atoms with Gasteiger partial charge in [0.2, 0.25) is 0 Å². The number of nitrogens with zero attached hydrogens (tertiary/aromatic N) is 3. The van der Waals surface area contributed by atoms with Crippen LogP contribution in [0.5, 0.6) is 5.75 Å². The molecule has 2 aromatic heterocycles. The summed E-state index contributed by atoms with van der Waals surface area (Å²) in [5.41, 5.74) is 1.15. The first-order chi connectivity index (χ1) is 13.2. The fourth-order valence-corrected chi connectivity index (χ4v) is 2.74. The van der Waals surface area contributed by atoms with Gasteiger partial charge in [-0.05, 0) is 31.5 Å². The lowest BCUT2D eigenvalue weighted by Crippen LogP contribution is -2.14. The van der Waals surface area contributed by atoms with Crippen LogP contribution in [0, 0.1) is 13.8 Å². The van der Waals surface area contributed by atoms with E-state index in [-0.39, 0.29) is 5.69 Å². The van der Waals surface area contributed by atoms with Crippen molar-refractivity contribution in [1.82, 2.24) is 20.0 Å². The van der Waals surface area contributed by atoms with Crippen molar-refractivity contribution < 1.29 is 22.7 Å². The van der Waals surface area contributed by atoms with Crippen LogP contribution in [0.2, 0.25) is 0 Å². The van der Waals surface area contributed by atoms with Gasteiger partial charge in [-0.1, -0.05) is 12.1 Å². The van der Waals surface area contributed by atoms with Gasteiger partial charge in [0, 0.05) is 6.07 Å². The maximum Gasteiger partial charge on any atom is 0.432 e. The van der Waals surface area contributed by atoms with Crippen LogP contribution in [0.4, 0.5) is 18.9 Å². The zero-order chi connectivity index (χ0) is 20.5. The highest BCUT2D eigenvalue weighted by atomic mass is 19.4. The molecule has 0 radical (unpaired) electrons. The number of aromatic nitrogens is 4. The summed E-state index contributed by atoms with van der Waals surface area (Å²) in [6.45, 7) is 3.91. The first kappa shape index (κ1) is 19.5. The highest BCUT2D eigenvalue weighted by molar-refractivity contribution is 6.03. The predicted molar refractivity (Wildman–Crippen MR) is 95.3 cm³/mol. The summed E-state index contributed by atoms with van der Waals surface area (Å²) in [7, 11) is 1.58. The van der Waals surface area contributed by atoms with Crippen LogP contribution >= 0.6 is 0 Å². The summed E-state index contributed by atoms with van der Waals surface area (Å²) < 4.78 is 44.9. The molecule has 0 saturated heterocycles. The van der Waals surface area contributed by atoms with Gasteiger partial charge in [0.05, 0.1) is 30.7 Å². The maximum atomic E-state index is 12.7. The molecule has 28 heavy (non-hydrogen) atoms. The van der Waals surface area contributed by atoms with Crippen LogP contribution in [-0.4, -0.2) is 33.0 Å². The van der Waals surface area contributed by atoms with Crippen LogP contribution in [-0.2, 0) is 12.7 Å². The lowest BCUT2D eigenvalue weighted by molar-refractivity contribution is -0.141. The second-order valence-corrected chi connectivity index (χ2v) is 6.17. The van der Waals surface area contributed by atoms with Crippen LogP contribution in [0.15, 0.2) is 30.3 Å². The molecular formula is C18H18F3N5O2. The van der Waals surface area contributed by atoms with Crippen LogP contribution in [0.1, 0.15) is 33.1 Å². The Morgan fingerprint density at radius 1 is 1.29 bits per heavy atom. The lowest BCUT2D eigenvalue weighted by atomic mass is 10.2. The number of anilines is 1. The molecule has 7 nitrogen and oxygen atoms in total. The van der Waals surface area contributed by atoms with Crippen molar-refractivity contribution in [2.45, 2.75) is 26.6 Å². The van der Waals surface area contributed by atoms with Crippen molar-refractivity contribution in [3.63, 3.8) is 0 Å². The van der Waals surface area contributed by atoms with Crippen molar-refractivity contribution in [2.24, 2.45) is 0 Å². The SMILES string of the molecule is COc1cccc(Cn2nc(C)c(NC(=O)c3cc(C(F)(F)F)[nH]n3)c2C)c1. The number of hydrogen-bond donors (Lipinski definition) is 2. The van der Waals surface area contributed by atoms with Gasteiger partial charge in [-0.25, -0.2) is 0 Å². The number of halogens is 3. The van der Waals surface area contributed by atoms with Crippen LogP contribution < -0.4 is 10.1 Å². The second kappa shape index (κ2) is 7.37. The third-order valence-corrected chi connectivity index (χ3v) is 4.20.